The summed E-state index contributed by atoms with van der Waals surface area (Å²) >= 11 is 0. The van der Waals surface area contributed by atoms with Gasteiger partial charge in [-0.1, -0.05) is 24.3 Å². The summed E-state index contributed by atoms with van der Waals surface area (Å²) in [5.41, 5.74) is 1.41. The molecule has 3 aromatic rings. The Morgan fingerprint density at radius 1 is 1.10 bits per heavy atom. The number of hydrogen-bond donors (Lipinski definition) is 2. The fraction of sp³-hybridized carbons (Fsp3) is 0.200. The number of amides is 1. The molecule has 1 amide bonds. The fourth-order valence-electron chi connectivity index (χ4n) is 2.71. The lowest BCUT2D eigenvalue weighted by Crippen LogP contribution is -2.30. The summed E-state index contributed by atoms with van der Waals surface area (Å²) in [5, 5.41) is 3.27. The Bertz CT molecular complexity index is 1170. The van der Waals surface area contributed by atoms with Crippen LogP contribution in [0.3, 0.4) is 0 Å². The molecular weight excluding hydrogens is 394 g/mol. The summed E-state index contributed by atoms with van der Waals surface area (Å²) in [5.74, 6) is -1.20. The second-order valence-corrected chi connectivity index (χ2v) is 8.75. The Labute approximate surface area is 168 Å². The summed E-state index contributed by atoms with van der Waals surface area (Å²) in [6, 6.07) is 13.1. The van der Waals surface area contributed by atoms with Gasteiger partial charge in [0.25, 0.3) is 5.91 Å². The third kappa shape index (κ3) is 4.30. The van der Waals surface area contributed by atoms with Gasteiger partial charge in [-0.25, -0.2) is 17.5 Å². The van der Waals surface area contributed by atoms with Crippen molar-refractivity contribution in [1.29, 1.82) is 0 Å². The highest BCUT2D eigenvalue weighted by atomic mass is 32.2. The minimum Gasteiger partial charge on any atom is -0.449 e. The lowest BCUT2D eigenvalue weighted by atomic mass is 10.2. The van der Waals surface area contributed by atoms with Gasteiger partial charge < -0.3 is 15.0 Å². The molecule has 1 atom stereocenters. The summed E-state index contributed by atoms with van der Waals surface area (Å²) in [7, 11) is -0.785. The van der Waals surface area contributed by atoms with Crippen LogP contribution in [0.2, 0.25) is 0 Å². The molecule has 0 saturated heterocycles. The molecule has 0 aliphatic carbocycles. The third-order valence-electron chi connectivity index (χ3n) is 4.34. The van der Waals surface area contributed by atoms with Crippen molar-refractivity contribution >= 4 is 38.5 Å². The van der Waals surface area contributed by atoms with Crippen molar-refractivity contribution in [2.75, 3.05) is 19.4 Å². The van der Waals surface area contributed by atoms with Gasteiger partial charge in [-0.15, -0.1) is 0 Å². The summed E-state index contributed by atoms with van der Waals surface area (Å²) in [6.45, 7) is 1.45. The molecule has 0 spiro atoms. The molecular formula is C20H21N3O5S. The van der Waals surface area contributed by atoms with Gasteiger partial charge in [-0.05, 0) is 31.2 Å². The Balaban J connectivity index is 1.70. The van der Waals surface area contributed by atoms with Crippen LogP contribution in [0.15, 0.2) is 59.6 Å². The molecule has 152 valence electrons. The maximum atomic E-state index is 12.4. The molecule has 0 aliphatic heterocycles. The molecule has 1 heterocycles. The van der Waals surface area contributed by atoms with E-state index < -0.39 is 28.0 Å². The standard InChI is InChI=1S/C20H21N3O5S/c1-13(28-20(25)17-12-21-18-10-5-4-9-16(17)18)19(24)22-14-7-6-8-15(11-14)29(26,27)23(2)3/h4-13,21H,1-3H3,(H,22,24)/t13-/m0/s1. The number of carbonyl (C=O) groups excluding carboxylic acids is 2. The van der Waals surface area contributed by atoms with Crippen molar-refractivity contribution in [2.24, 2.45) is 0 Å². The average molecular weight is 415 g/mol. The summed E-state index contributed by atoms with van der Waals surface area (Å²) in [6.07, 6.45) is 0.456. The zero-order valence-corrected chi connectivity index (χ0v) is 17.0. The molecule has 1 aromatic heterocycles. The quantitative estimate of drug-likeness (QED) is 0.602. The first-order valence-corrected chi connectivity index (χ1v) is 10.2. The molecule has 29 heavy (non-hydrogen) atoms. The van der Waals surface area contributed by atoms with Crippen LogP contribution in [0, 0.1) is 0 Å². The molecule has 0 fully saturated rings. The maximum Gasteiger partial charge on any atom is 0.341 e. The van der Waals surface area contributed by atoms with Gasteiger partial charge >= 0.3 is 5.97 Å². The second-order valence-electron chi connectivity index (χ2n) is 6.60. The number of benzene rings is 2. The average Bonchev–Trinajstić information content (AvgIpc) is 3.12. The number of anilines is 1. The highest BCUT2D eigenvalue weighted by molar-refractivity contribution is 7.89. The smallest absolute Gasteiger partial charge is 0.341 e. The van der Waals surface area contributed by atoms with E-state index in [9.17, 15) is 18.0 Å². The Morgan fingerprint density at radius 3 is 2.55 bits per heavy atom. The number of ether oxygens (including phenoxy) is 1. The van der Waals surface area contributed by atoms with Gasteiger partial charge in [0, 0.05) is 36.9 Å². The van der Waals surface area contributed by atoms with Crippen LogP contribution in [0.25, 0.3) is 10.9 Å². The van der Waals surface area contributed by atoms with Crippen LogP contribution in [0.1, 0.15) is 17.3 Å². The zero-order chi connectivity index (χ0) is 21.2. The predicted molar refractivity (Wildman–Crippen MR) is 109 cm³/mol. The largest absolute Gasteiger partial charge is 0.449 e. The Morgan fingerprint density at radius 2 is 1.83 bits per heavy atom. The molecule has 0 aliphatic rings. The normalized spacial score (nSPS) is 12.7. The monoisotopic (exact) mass is 415 g/mol. The topological polar surface area (TPSA) is 109 Å². The third-order valence-corrected chi connectivity index (χ3v) is 6.15. The zero-order valence-electron chi connectivity index (χ0n) is 16.2. The van der Waals surface area contributed by atoms with E-state index in [-0.39, 0.29) is 10.6 Å². The van der Waals surface area contributed by atoms with Crippen molar-refractivity contribution in [3.63, 3.8) is 0 Å². The van der Waals surface area contributed by atoms with Crippen LogP contribution >= 0.6 is 0 Å². The highest BCUT2D eigenvalue weighted by Crippen LogP contribution is 2.20. The van der Waals surface area contributed by atoms with Crippen LogP contribution in [-0.4, -0.2) is 49.8 Å². The Kier molecular flexibility index (Phi) is 5.71. The van der Waals surface area contributed by atoms with Crippen LogP contribution in [0.5, 0.6) is 0 Å². The first-order valence-electron chi connectivity index (χ1n) is 8.80. The van der Waals surface area contributed by atoms with Crippen molar-refractivity contribution in [3.05, 3.63) is 60.3 Å². The minimum absolute atomic E-state index is 0.0451. The van der Waals surface area contributed by atoms with E-state index in [4.69, 9.17) is 4.74 Å². The first kappa shape index (κ1) is 20.6. The lowest BCUT2D eigenvalue weighted by molar-refractivity contribution is -0.123. The fourth-order valence-corrected chi connectivity index (χ4v) is 3.66. The van der Waals surface area contributed by atoms with E-state index in [1.165, 1.54) is 45.4 Å². The Hall–Kier alpha value is -3.17. The molecule has 0 saturated carbocycles. The number of carbonyl (C=O) groups is 2. The molecule has 3 rings (SSSR count). The molecule has 0 radical (unpaired) electrons. The van der Waals surface area contributed by atoms with Gasteiger partial charge in [0.2, 0.25) is 10.0 Å². The number of H-pyrrole nitrogens is 1. The van der Waals surface area contributed by atoms with Crippen molar-refractivity contribution in [2.45, 2.75) is 17.9 Å². The molecule has 8 nitrogen and oxygen atoms in total. The number of esters is 1. The SMILES string of the molecule is C[C@H](OC(=O)c1c[nH]c2ccccc12)C(=O)Nc1cccc(S(=O)(=O)N(C)C)c1. The number of nitrogens with one attached hydrogen (secondary N) is 2. The van der Waals surface area contributed by atoms with E-state index in [0.717, 1.165) is 9.82 Å². The number of fused-ring (bicyclic) bond motifs is 1. The second kappa shape index (κ2) is 8.06. The number of aromatic nitrogens is 1. The van der Waals surface area contributed by atoms with E-state index in [1.807, 2.05) is 12.1 Å². The summed E-state index contributed by atoms with van der Waals surface area (Å²) < 4.78 is 30.8. The molecule has 2 N–H and O–H groups in total. The number of para-hydroxylation sites is 1. The predicted octanol–water partition coefficient (Wildman–Crippen LogP) is 2.60. The molecule has 0 bridgehead atoms. The summed E-state index contributed by atoms with van der Waals surface area (Å²) in [4.78, 5) is 27.9. The number of sulfonamides is 1. The minimum atomic E-state index is -3.63. The van der Waals surface area contributed by atoms with Gasteiger partial charge in [0.05, 0.1) is 10.5 Å². The van der Waals surface area contributed by atoms with Crippen molar-refractivity contribution < 1.29 is 22.7 Å². The number of nitrogens with zero attached hydrogens (tertiary/aromatic N) is 1. The van der Waals surface area contributed by atoms with Gasteiger partial charge in [-0.3, -0.25) is 4.79 Å². The van der Waals surface area contributed by atoms with Gasteiger partial charge in [-0.2, -0.15) is 0 Å². The first-order chi connectivity index (χ1) is 13.7. The van der Waals surface area contributed by atoms with Gasteiger partial charge in [0.1, 0.15) is 0 Å². The van der Waals surface area contributed by atoms with Gasteiger partial charge in [0.15, 0.2) is 6.10 Å². The van der Waals surface area contributed by atoms with E-state index in [2.05, 4.69) is 10.3 Å². The van der Waals surface area contributed by atoms with Crippen LogP contribution in [-0.2, 0) is 19.6 Å². The van der Waals surface area contributed by atoms with E-state index in [0.29, 0.717) is 10.9 Å². The highest BCUT2D eigenvalue weighted by Gasteiger charge is 2.22. The van der Waals surface area contributed by atoms with Crippen LogP contribution in [0.4, 0.5) is 5.69 Å². The molecule has 2 aromatic carbocycles. The molecule has 0 unspecified atom stereocenters. The van der Waals surface area contributed by atoms with E-state index >= 15 is 0 Å². The number of hydrogen-bond acceptors (Lipinski definition) is 5. The number of aromatic amines is 1. The maximum absolute atomic E-state index is 12.4. The van der Waals surface area contributed by atoms with Crippen molar-refractivity contribution in [3.8, 4) is 0 Å². The molecule has 9 heteroatoms. The van der Waals surface area contributed by atoms with Crippen molar-refractivity contribution in [1.82, 2.24) is 9.29 Å². The lowest BCUT2D eigenvalue weighted by Gasteiger charge is -2.15. The number of rotatable bonds is 6. The van der Waals surface area contributed by atoms with Crippen LogP contribution < -0.4 is 5.32 Å². The van der Waals surface area contributed by atoms with E-state index in [1.54, 1.807) is 18.2 Å².